The molecule has 0 unspecified atom stereocenters. The van der Waals surface area contributed by atoms with Crippen molar-refractivity contribution in [2.45, 2.75) is 25.7 Å². The van der Waals surface area contributed by atoms with E-state index in [0.29, 0.717) is 10.6 Å². The fraction of sp³-hybridized carbons (Fsp3) is 0.308. The summed E-state index contributed by atoms with van der Waals surface area (Å²) in [6.07, 6.45) is 4.80. The topological polar surface area (TPSA) is 125 Å². The van der Waals surface area contributed by atoms with Crippen molar-refractivity contribution in [1.82, 2.24) is 10.2 Å². The number of rotatable bonds is 3. The van der Waals surface area contributed by atoms with Crippen LogP contribution in [0.5, 0.6) is 0 Å². The van der Waals surface area contributed by atoms with Crippen LogP contribution in [0.25, 0.3) is 0 Å². The maximum Gasteiger partial charge on any atom is 0.319 e. The molecule has 0 radical (unpaired) electrons. The molecule has 0 spiro atoms. The molecular weight excluding hydrogens is 306 g/mol. The number of aryl methyl sites for hydroxylation is 1. The van der Waals surface area contributed by atoms with Crippen molar-refractivity contribution in [3.05, 3.63) is 38.0 Å². The molecule has 8 nitrogen and oxygen atoms in total. The van der Waals surface area contributed by atoms with Gasteiger partial charge < -0.3 is 5.32 Å². The van der Waals surface area contributed by atoms with Crippen molar-refractivity contribution < 1.29 is 9.72 Å². The van der Waals surface area contributed by atoms with E-state index in [2.05, 4.69) is 21.6 Å². The smallest absolute Gasteiger partial charge is 0.311 e. The zero-order valence-corrected chi connectivity index (χ0v) is 12.2. The first-order valence-electron chi connectivity index (χ1n) is 6.65. The van der Waals surface area contributed by atoms with Crippen molar-refractivity contribution in [2.75, 3.05) is 5.32 Å². The van der Waals surface area contributed by atoms with Gasteiger partial charge in [-0.3, -0.25) is 20.0 Å². The number of amides is 1. The summed E-state index contributed by atoms with van der Waals surface area (Å²) < 4.78 is 0. The Kier molecular flexibility index (Phi) is 3.60. The zero-order valence-electron chi connectivity index (χ0n) is 11.4. The summed E-state index contributed by atoms with van der Waals surface area (Å²) in [4.78, 5) is 23.5. The van der Waals surface area contributed by atoms with Gasteiger partial charge in [0, 0.05) is 4.88 Å². The summed E-state index contributed by atoms with van der Waals surface area (Å²) >= 11 is 1.37. The molecule has 1 amide bonds. The quantitative estimate of drug-likeness (QED) is 0.664. The highest BCUT2D eigenvalue weighted by Crippen LogP contribution is 2.37. The van der Waals surface area contributed by atoms with Gasteiger partial charge in [-0.05, 0) is 31.2 Å². The molecule has 2 heterocycles. The fourth-order valence-corrected chi connectivity index (χ4v) is 3.76. The van der Waals surface area contributed by atoms with Crippen molar-refractivity contribution in [3.8, 4) is 6.07 Å². The Morgan fingerprint density at radius 3 is 3.00 bits per heavy atom. The number of nitriles is 1. The van der Waals surface area contributed by atoms with E-state index in [1.165, 1.54) is 11.3 Å². The Bertz CT molecular complexity index is 801. The summed E-state index contributed by atoms with van der Waals surface area (Å²) in [5, 5.41) is 29.1. The number of fused-ring (bicyclic) bond motifs is 1. The average molecular weight is 317 g/mol. The molecule has 0 saturated carbocycles. The first-order valence-corrected chi connectivity index (χ1v) is 7.47. The summed E-state index contributed by atoms with van der Waals surface area (Å²) in [5.74, 6) is -0.667. The summed E-state index contributed by atoms with van der Waals surface area (Å²) in [7, 11) is 0. The minimum absolute atomic E-state index is 0.222. The molecule has 1 aliphatic carbocycles. The molecule has 22 heavy (non-hydrogen) atoms. The highest BCUT2D eigenvalue weighted by atomic mass is 32.1. The largest absolute Gasteiger partial charge is 0.319 e. The third-order valence-electron chi connectivity index (χ3n) is 3.55. The van der Waals surface area contributed by atoms with Gasteiger partial charge in [0.25, 0.3) is 5.91 Å². The molecule has 0 atom stereocenters. The number of carbonyl (C=O) groups is 1. The summed E-state index contributed by atoms with van der Waals surface area (Å²) in [5.41, 5.74) is 0.848. The number of aromatic nitrogens is 2. The Morgan fingerprint density at radius 2 is 2.27 bits per heavy atom. The third-order valence-corrected chi connectivity index (χ3v) is 4.76. The first kappa shape index (κ1) is 14.2. The lowest BCUT2D eigenvalue weighted by molar-refractivity contribution is -0.385. The van der Waals surface area contributed by atoms with E-state index < -0.39 is 16.5 Å². The van der Waals surface area contributed by atoms with Crippen LogP contribution < -0.4 is 5.32 Å². The molecule has 2 aromatic heterocycles. The van der Waals surface area contributed by atoms with Gasteiger partial charge in [0.05, 0.1) is 10.5 Å². The van der Waals surface area contributed by atoms with Crippen LogP contribution in [-0.2, 0) is 12.8 Å². The Labute approximate surface area is 128 Å². The molecule has 0 aromatic carbocycles. The number of carbonyl (C=O) groups excluding carboxylic acids is 1. The number of hydrogen-bond donors (Lipinski definition) is 2. The highest BCUT2D eigenvalue weighted by Gasteiger charge is 2.26. The third kappa shape index (κ3) is 2.33. The predicted octanol–water partition coefficient (Wildman–Crippen LogP) is 2.38. The van der Waals surface area contributed by atoms with Crippen molar-refractivity contribution >= 4 is 27.9 Å². The number of anilines is 1. The number of hydrogen-bond acceptors (Lipinski definition) is 6. The minimum atomic E-state index is -0.678. The second-order valence-corrected chi connectivity index (χ2v) is 5.97. The Hall–Kier alpha value is -2.73. The van der Waals surface area contributed by atoms with Crippen LogP contribution in [0, 0.1) is 21.4 Å². The van der Waals surface area contributed by atoms with Crippen molar-refractivity contribution in [2.24, 2.45) is 0 Å². The standard InChI is InChI=1S/C13H11N5O3S/c14-5-8-7-3-1-2-4-10(7)22-13(8)16-12(19)11-9(18(20)21)6-15-17-11/h6H,1-4H2,(H,15,17)(H,16,19). The lowest BCUT2D eigenvalue weighted by Crippen LogP contribution is -2.14. The molecule has 9 heteroatoms. The van der Waals surface area contributed by atoms with Gasteiger partial charge in [0.15, 0.2) is 0 Å². The highest BCUT2D eigenvalue weighted by molar-refractivity contribution is 7.16. The van der Waals surface area contributed by atoms with E-state index >= 15 is 0 Å². The van der Waals surface area contributed by atoms with Crippen LogP contribution in [0.3, 0.4) is 0 Å². The Balaban J connectivity index is 1.92. The second-order valence-electron chi connectivity index (χ2n) is 4.87. The number of H-pyrrole nitrogens is 1. The number of aromatic amines is 1. The van der Waals surface area contributed by atoms with E-state index in [1.54, 1.807) is 0 Å². The molecule has 2 N–H and O–H groups in total. The minimum Gasteiger partial charge on any atom is -0.311 e. The molecule has 2 aromatic rings. The molecule has 0 bridgehead atoms. The maximum absolute atomic E-state index is 12.2. The van der Waals surface area contributed by atoms with Crippen molar-refractivity contribution in [3.63, 3.8) is 0 Å². The number of nitro groups is 1. The van der Waals surface area contributed by atoms with Crippen LogP contribution in [-0.4, -0.2) is 21.0 Å². The molecular formula is C13H11N5O3S. The van der Waals surface area contributed by atoms with Crippen LogP contribution in [0.2, 0.25) is 0 Å². The number of nitrogens with one attached hydrogen (secondary N) is 2. The molecule has 3 rings (SSSR count). The number of thiophene rings is 1. The van der Waals surface area contributed by atoms with E-state index in [4.69, 9.17) is 0 Å². The average Bonchev–Trinajstić information content (AvgIpc) is 3.11. The van der Waals surface area contributed by atoms with Gasteiger partial charge in [0.2, 0.25) is 5.69 Å². The predicted molar refractivity (Wildman–Crippen MR) is 78.9 cm³/mol. The van der Waals surface area contributed by atoms with Crippen LogP contribution in [0.1, 0.15) is 39.3 Å². The van der Waals surface area contributed by atoms with Gasteiger partial charge in [-0.2, -0.15) is 10.4 Å². The van der Waals surface area contributed by atoms with Gasteiger partial charge in [-0.1, -0.05) is 0 Å². The first-order chi connectivity index (χ1) is 10.6. The van der Waals surface area contributed by atoms with Crippen molar-refractivity contribution in [1.29, 1.82) is 5.26 Å². The molecule has 0 fully saturated rings. The second kappa shape index (κ2) is 5.57. The van der Waals surface area contributed by atoms with E-state index in [-0.39, 0.29) is 5.69 Å². The van der Waals surface area contributed by atoms with Crippen LogP contribution in [0.4, 0.5) is 10.7 Å². The zero-order chi connectivity index (χ0) is 15.7. The van der Waals surface area contributed by atoms with E-state index in [1.807, 2.05) is 0 Å². The lowest BCUT2D eigenvalue weighted by atomic mass is 9.96. The fourth-order valence-electron chi connectivity index (χ4n) is 2.52. The maximum atomic E-state index is 12.2. The van der Waals surface area contributed by atoms with E-state index in [9.17, 15) is 20.2 Å². The normalized spacial score (nSPS) is 13.2. The van der Waals surface area contributed by atoms with Gasteiger partial charge in [-0.15, -0.1) is 11.3 Å². The van der Waals surface area contributed by atoms with Crippen LogP contribution in [0.15, 0.2) is 6.20 Å². The molecule has 0 aliphatic heterocycles. The lowest BCUT2D eigenvalue weighted by Gasteiger charge is -2.09. The molecule has 0 saturated heterocycles. The summed E-state index contributed by atoms with van der Waals surface area (Å²) in [6.45, 7) is 0. The summed E-state index contributed by atoms with van der Waals surface area (Å²) in [6, 6.07) is 2.13. The monoisotopic (exact) mass is 317 g/mol. The van der Waals surface area contributed by atoms with Gasteiger partial charge in [-0.25, -0.2) is 0 Å². The van der Waals surface area contributed by atoms with Gasteiger partial charge >= 0.3 is 5.69 Å². The van der Waals surface area contributed by atoms with Gasteiger partial charge in [0.1, 0.15) is 17.3 Å². The molecule has 112 valence electrons. The SMILES string of the molecule is N#Cc1c(NC(=O)c2[nH]ncc2[N+](=O)[O-])sc2c1CCCC2. The van der Waals surface area contributed by atoms with Crippen LogP contribution >= 0.6 is 11.3 Å². The number of nitrogens with zero attached hydrogens (tertiary/aromatic N) is 3. The Morgan fingerprint density at radius 1 is 1.50 bits per heavy atom. The molecule has 1 aliphatic rings. The van der Waals surface area contributed by atoms with E-state index in [0.717, 1.165) is 42.3 Å².